The van der Waals surface area contributed by atoms with E-state index in [0.29, 0.717) is 42.8 Å². The Morgan fingerprint density at radius 1 is 1.19 bits per heavy atom. The first-order valence-electron chi connectivity index (χ1n) is 10.5. The molecule has 1 fully saturated rings. The van der Waals surface area contributed by atoms with E-state index in [4.69, 9.17) is 0 Å². The highest BCUT2D eigenvalue weighted by molar-refractivity contribution is 7.13. The number of benzene rings is 1. The highest BCUT2D eigenvalue weighted by atomic mass is 32.1. The third-order valence-corrected chi connectivity index (χ3v) is 6.69. The number of amides is 2. The van der Waals surface area contributed by atoms with Crippen LogP contribution in [0.3, 0.4) is 0 Å². The van der Waals surface area contributed by atoms with Gasteiger partial charge in [0.15, 0.2) is 0 Å². The Hall–Kier alpha value is -3.26. The second-order valence-electron chi connectivity index (χ2n) is 7.96. The summed E-state index contributed by atoms with van der Waals surface area (Å²) in [5.41, 5.74) is 1.66. The third kappa shape index (κ3) is 4.80. The van der Waals surface area contributed by atoms with Crippen molar-refractivity contribution in [2.24, 2.45) is 5.92 Å². The van der Waals surface area contributed by atoms with Gasteiger partial charge in [-0.2, -0.15) is 0 Å². The number of piperidine rings is 1. The van der Waals surface area contributed by atoms with Crippen LogP contribution in [0.5, 0.6) is 0 Å². The molecular formula is C24H24FN3O3S. The summed E-state index contributed by atoms with van der Waals surface area (Å²) >= 11 is 1.51. The summed E-state index contributed by atoms with van der Waals surface area (Å²) in [7, 11) is 0. The fraction of sp³-hybridized carbons (Fsp3) is 0.292. The van der Waals surface area contributed by atoms with E-state index in [2.05, 4.69) is 10.3 Å². The van der Waals surface area contributed by atoms with E-state index >= 15 is 0 Å². The van der Waals surface area contributed by atoms with Crippen LogP contribution in [0, 0.1) is 18.7 Å². The zero-order valence-electron chi connectivity index (χ0n) is 17.7. The molecule has 2 aromatic heterocycles. The highest BCUT2D eigenvalue weighted by Crippen LogP contribution is 2.22. The maximum absolute atomic E-state index is 13.7. The summed E-state index contributed by atoms with van der Waals surface area (Å²) in [6.07, 6.45) is 1.04. The number of nitrogens with zero attached hydrogens (tertiary/aromatic N) is 1. The standard InChI is InChI=1S/C24H24FN3O3S/c1-15-4-5-16(13-19(15)25)14-26-22(29)17-8-10-28(11-9-17)24(31)18-6-7-20(27-23(18)30)21-3-2-12-32-21/h2-7,12-13,17H,8-11,14H2,1H3,(H,26,29)(H,27,30). The molecule has 0 bridgehead atoms. The number of hydrogen-bond acceptors (Lipinski definition) is 4. The molecule has 8 heteroatoms. The number of aromatic nitrogens is 1. The Morgan fingerprint density at radius 2 is 1.97 bits per heavy atom. The maximum atomic E-state index is 13.7. The van der Waals surface area contributed by atoms with Gasteiger partial charge < -0.3 is 15.2 Å². The first-order chi connectivity index (χ1) is 15.4. The topological polar surface area (TPSA) is 82.3 Å². The molecule has 3 aromatic rings. The van der Waals surface area contributed by atoms with Crippen molar-refractivity contribution in [3.63, 3.8) is 0 Å². The molecule has 3 heterocycles. The molecule has 1 aromatic carbocycles. The Morgan fingerprint density at radius 3 is 2.62 bits per heavy atom. The lowest BCUT2D eigenvalue weighted by Crippen LogP contribution is -2.44. The summed E-state index contributed by atoms with van der Waals surface area (Å²) in [5.74, 6) is -0.926. The average molecular weight is 454 g/mol. The van der Waals surface area contributed by atoms with Crippen LogP contribution in [-0.4, -0.2) is 34.8 Å². The van der Waals surface area contributed by atoms with Crippen LogP contribution in [0.1, 0.15) is 34.3 Å². The van der Waals surface area contributed by atoms with Gasteiger partial charge in [-0.25, -0.2) is 4.39 Å². The van der Waals surface area contributed by atoms with Gasteiger partial charge in [-0.05, 0) is 60.5 Å². The van der Waals surface area contributed by atoms with Crippen molar-refractivity contribution in [1.29, 1.82) is 0 Å². The SMILES string of the molecule is Cc1ccc(CNC(=O)C2CCN(C(=O)c3ccc(-c4cccs4)[nH]c3=O)CC2)cc1F. The van der Waals surface area contributed by atoms with Crippen molar-refractivity contribution in [3.8, 4) is 10.6 Å². The van der Waals surface area contributed by atoms with Crippen molar-refractivity contribution in [2.75, 3.05) is 13.1 Å². The van der Waals surface area contributed by atoms with Crippen LogP contribution >= 0.6 is 11.3 Å². The zero-order chi connectivity index (χ0) is 22.7. The van der Waals surface area contributed by atoms with E-state index in [-0.39, 0.29) is 35.7 Å². The summed E-state index contributed by atoms with van der Waals surface area (Å²) in [4.78, 5) is 43.1. The van der Waals surface area contributed by atoms with E-state index in [0.717, 1.165) is 4.88 Å². The minimum Gasteiger partial charge on any atom is -0.352 e. The highest BCUT2D eigenvalue weighted by Gasteiger charge is 2.28. The lowest BCUT2D eigenvalue weighted by atomic mass is 9.95. The molecule has 0 radical (unpaired) electrons. The van der Waals surface area contributed by atoms with Crippen LogP contribution < -0.4 is 10.9 Å². The second kappa shape index (κ2) is 9.48. The molecule has 4 rings (SSSR count). The van der Waals surface area contributed by atoms with Gasteiger partial charge in [-0.1, -0.05) is 18.2 Å². The molecule has 32 heavy (non-hydrogen) atoms. The van der Waals surface area contributed by atoms with E-state index in [1.54, 1.807) is 36.1 Å². The predicted molar refractivity (Wildman–Crippen MR) is 122 cm³/mol. The molecule has 1 aliphatic rings. The molecule has 2 N–H and O–H groups in total. The van der Waals surface area contributed by atoms with Gasteiger partial charge in [0.05, 0.1) is 10.6 Å². The van der Waals surface area contributed by atoms with Crippen LogP contribution in [0.2, 0.25) is 0 Å². The molecule has 0 unspecified atom stereocenters. The normalized spacial score (nSPS) is 14.4. The minimum absolute atomic E-state index is 0.101. The number of likely N-dealkylation sites (tertiary alicyclic amines) is 1. The molecule has 0 saturated carbocycles. The summed E-state index contributed by atoms with van der Waals surface area (Å²) in [6, 6.07) is 12.0. The van der Waals surface area contributed by atoms with Crippen molar-refractivity contribution in [1.82, 2.24) is 15.2 Å². The van der Waals surface area contributed by atoms with Crippen LogP contribution in [0.25, 0.3) is 10.6 Å². The fourth-order valence-corrected chi connectivity index (χ4v) is 4.52. The Bertz CT molecular complexity index is 1180. The van der Waals surface area contributed by atoms with Gasteiger partial charge in [0.1, 0.15) is 11.4 Å². The van der Waals surface area contributed by atoms with E-state index in [9.17, 15) is 18.8 Å². The molecule has 2 amide bonds. The lowest BCUT2D eigenvalue weighted by Gasteiger charge is -2.31. The van der Waals surface area contributed by atoms with Crippen LogP contribution in [0.4, 0.5) is 4.39 Å². The molecule has 6 nitrogen and oxygen atoms in total. The molecule has 166 valence electrons. The van der Waals surface area contributed by atoms with E-state index in [1.807, 2.05) is 17.5 Å². The first-order valence-corrected chi connectivity index (χ1v) is 11.4. The molecule has 1 aliphatic heterocycles. The van der Waals surface area contributed by atoms with Crippen molar-refractivity contribution in [2.45, 2.75) is 26.3 Å². The largest absolute Gasteiger partial charge is 0.352 e. The lowest BCUT2D eigenvalue weighted by molar-refractivity contribution is -0.126. The number of H-pyrrole nitrogens is 1. The molecule has 0 aliphatic carbocycles. The van der Waals surface area contributed by atoms with Crippen molar-refractivity contribution >= 4 is 23.2 Å². The number of aryl methyl sites for hydroxylation is 1. The Balaban J connectivity index is 1.32. The number of rotatable bonds is 5. The number of carbonyl (C=O) groups excluding carboxylic acids is 2. The summed E-state index contributed by atoms with van der Waals surface area (Å²) in [6.45, 7) is 2.77. The number of carbonyl (C=O) groups is 2. The van der Waals surface area contributed by atoms with Gasteiger partial charge in [0.2, 0.25) is 5.91 Å². The number of thiophene rings is 1. The fourth-order valence-electron chi connectivity index (χ4n) is 3.81. The van der Waals surface area contributed by atoms with Gasteiger partial charge in [0.25, 0.3) is 11.5 Å². The predicted octanol–water partition coefficient (Wildman–Crippen LogP) is 3.72. The smallest absolute Gasteiger partial charge is 0.261 e. The van der Waals surface area contributed by atoms with Gasteiger partial charge >= 0.3 is 0 Å². The third-order valence-electron chi connectivity index (χ3n) is 5.78. The Labute approximate surface area is 189 Å². The van der Waals surface area contributed by atoms with Crippen LogP contribution in [0.15, 0.2) is 52.6 Å². The number of nitrogens with one attached hydrogen (secondary N) is 2. The average Bonchev–Trinajstić information content (AvgIpc) is 3.34. The van der Waals surface area contributed by atoms with Crippen molar-refractivity contribution < 1.29 is 14.0 Å². The molecule has 1 saturated heterocycles. The van der Waals surface area contributed by atoms with Gasteiger partial charge in [0, 0.05) is 25.6 Å². The molecule has 0 spiro atoms. The zero-order valence-corrected chi connectivity index (χ0v) is 18.5. The number of pyridine rings is 1. The molecular weight excluding hydrogens is 429 g/mol. The second-order valence-corrected chi connectivity index (χ2v) is 8.91. The monoisotopic (exact) mass is 453 g/mol. The van der Waals surface area contributed by atoms with Crippen molar-refractivity contribution in [3.05, 3.63) is 80.7 Å². The number of halogens is 1. The van der Waals surface area contributed by atoms with Gasteiger partial charge in [-0.15, -0.1) is 11.3 Å². The first kappa shape index (κ1) is 22.0. The Kier molecular flexibility index (Phi) is 6.50. The number of hydrogen-bond donors (Lipinski definition) is 2. The minimum atomic E-state index is -0.411. The number of aromatic amines is 1. The quantitative estimate of drug-likeness (QED) is 0.618. The van der Waals surface area contributed by atoms with Crippen LogP contribution in [-0.2, 0) is 11.3 Å². The maximum Gasteiger partial charge on any atom is 0.261 e. The van der Waals surface area contributed by atoms with Gasteiger partial charge in [-0.3, -0.25) is 14.4 Å². The van der Waals surface area contributed by atoms with E-state index < -0.39 is 5.56 Å². The summed E-state index contributed by atoms with van der Waals surface area (Å²) in [5, 5.41) is 4.78. The summed E-state index contributed by atoms with van der Waals surface area (Å²) < 4.78 is 13.7. The molecule has 0 atom stereocenters. The van der Waals surface area contributed by atoms with E-state index in [1.165, 1.54) is 17.4 Å².